The molecule has 0 saturated heterocycles. The van der Waals surface area contributed by atoms with Crippen molar-refractivity contribution >= 4 is 6.03 Å². The SMILES string of the molecule is C=C(C)C1(C)C=CC=C(C(C)(C)NC(=O)N(C)CCN(C)C)C=C1. The Morgan fingerprint density at radius 2 is 1.88 bits per heavy atom. The van der Waals surface area contributed by atoms with Crippen molar-refractivity contribution in [3.05, 3.63) is 48.1 Å². The first kappa shape index (κ1) is 20.2. The number of carbonyl (C=O) groups is 1. The summed E-state index contributed by atoms with van der Waals surface area (Å²) in [4.78, 5) is 16.2. The summed E-state index contributed by atoms with van der Waals surface area (Å²) in [6.45, 7) is 13.8. The number of hydrogen-bond donors (Lipinski definition) is 1. The number of urea groups is 1. The van der Waals surface area contributed by atoms with Crippen LogP contribution in [0, 0.1) is 5.41 Å². The van der Waals surface area contributed by atoms with Crippen molar-refractivity contribution in [2.45, 2.75) is 33.2 Å². The summed E-state index contributed by atoms with van der Waals surface area (Å²) in [6.07, 6.45) is 10.5. The van der Waals surface area contributed by atoms with Crippen molar-refractivity contribution < 1.29 is 4.79 Å². The number of likely N-dealkylation sites (N-methyl/N-ethyl adjacent to an activating group) is 2. The number of rotatable bonds is 6. The summed E-state index contributed by atoms with van der Waals surface area (Å²) < 4.78 is 0. The van der Waals surface area contributed by atoms with E-state index in [0.29, 0.717) is 6.54 Å². The summed E-state index contributed by atoms with van der Waals surface area (Å²) >= 11 is 0. The van der Waals surface area contributed by atoms with Crippen LogP contribution in [0.5, 0.6) is 0 Å². The van der Waals surface area contributed by atoms with Gasteiger partial charge < -0.3 is 15.1 Å². The zero-order chi connectivity index (χ0) is 18.5. The van der Waals surface area contributed by atoms with Crippen LogP contribution >= 0.6 is 0 Å². The van der Waals surface area contributed by atoms with E-state index in [1.807, 2.05) is 48.0 Å². The van der Waals surface area contributed by atoms with E-state index in [-0.39, 0.29) is 11.4 Å². The Labute approximate surface area is 147 Å². The van der Waals surface area contributed by atoms with Gasteiger partial charge in [-0.15, -0.1) is 0 Å². The first-order valence-electron chi connectivity index (χ1n) is 8.41. The second-order valence-corrected chi connectivity index (χ2v) is 7.66. The molecule has 0 bridgehead atoms. The van der Waals surface area contributed by atoms with E-state index in [9.17, 15) is 4.79 Å². The van der Waals surface area contributed by atoms with E-state index in [1.165, 1.54) is 0 Å². The van der Waals surface area contributed by atoms with Gasteiger partial charge in [0.05, 0.1) is 5.54 Å². The van der Waals surface area contributed by atoms with Crippen LogP contribution in [0.15, 0.2) is 48.1 Å². The molecule has 0 spiro atoms. The molecule has 1 aliphatic rings. The highest BCUT2D eigenvalue weighted by molar-refractivity contribution is 5.75. The molecule has 0 heterocycles. The third kappa shape index (κ3) is 5.38. The molecule has 1 unspecified atom stereocenters. The Morgan fingerprint density at radius 1 is 1.25 bits per heavy atom. The average Bonchev–Trinajstić information content (AvgIpc) is 2.67. The Hall–Kier alpha value is -1.81. The first-order valence-corrected chi connectivity index (χ1v) is 8.41. The van der Waals surface area contributed by atoms with Crippen molar-refractivity contribution in [3.63, 3.8) is 0 Å². The third-order valence-corrected chi connectivity index (χ3v) is 4.62. The third-order valence-electron chi connectivity index (χ3n) is 4.62. The molecular formula is C20H33N3O. The lowest BCUT2D eigenvalue weighted by atomic mass is 9.83. The van der Waals surface area contributed by atoms with Crippen molar-refractivity contribution in [1.82, 2.24) is 15.1 Å². The maximum absolute atomic E-state index is 12.4. The van der Waals surface area contributed by atoms with Crippen molar-refractivity contribution in [1.29, 1.82) is 0 Å². The summed E-state index contributed by atoms with van der Waals surface area (Å²) in [6, 6.07) is -0.0629. The van der Waals surface area contributed by atoms with Gasteiger partial charge in [-0.2, -0.15) is 0 Å². The van der Waals surface area contributed by atoms with Crippen molar-refractivity contribution in [2.24, 2.45) is 5.41 Å². The fourth-order valence-corrected chi connectivity index (χ4v) is 2.31. The van der Waals surface area contributed by atoms with Crippen molar-refractivity contribution in [3.8, 4) is 0 Å². The monoisotopic (exact) mass is 331 g/mol. The van der Waals surface area contributed by atoms with Crippen LogP contribution in [0.1, 0.15) is 27.7 Å². The predicted octanol–water partition coefficient (Wildman–Crippen LogP) is 3.60. The van der Waals surface area contributed by atoms with Gasteiger partial charge in [-0.3, -0.25) is 0 Å². The highest BCUT2D eigenvalue weighted by Crippen LogP contribution is 2.32. The predicted molar refractivity (Wildman–Crippen MR) is 103 cm³/mol. The Morgan fingerprint density at radius 3 is 2.42 bits per heavy atom. The van der Waals surface area contributed by atoms with E-state index in [1.54, 1.807) is 4.90 Å². The molecule has 1 atom stereocenters. The average molecular weight is 332 g/mol. The molecule has 2 amide bonds. The molecule has 1 N–H and O–H groups in total. The minimum absolute atomic E-state index is 0.0629. The lowest BCUT2D eigenvalue weighted by Gasteiger charge is -2.31. The van der Waals surface area contributed by atoms with Gasteiger partial charge >= 0.3 is 6.03 Å². The standard InChI is InChI=1S/C20H33N3O/c1-16(2)20(5)12-9-10-17(11-13-20)19(3,4)21-18(24)23(8)15-14-22(6)7/h9-13H,1,14-15H2,2-8H3,(H,21,24). The summed E-state index contributed by atoms with van der Waals surface area (Å²) in [7, 11) is 5.83. The Bertz CT molecular complexity index is 569. The van der Waals surface area contributed by atoms with Crippen LogP contribution in [0.3, 0.4) is 0 Å². The second-order valence-electron chi connectivity index (χ2n) is 7.66. The van der Waals surface area contributed by atoms with Crippen LogP contribution in [0.4, 0.5) is 4.79 Å². The molecule has 0 radical (unpaired) electrons. The zero-order valence-electron chi connectivity index (χ0n) is 16.3. The molecule has 0 saturated carbocycles. The van der Waals surface area contributed by atoms with Crippen LogP contribution in [-0.4, -0.2) is 55.6 Å². The fraction of sp³-hybridized carbons (Fsp3) is 0.550. The number of nitrogens with zero attached hydrogens (tertiary/aromatic N) is 2. The Kier molecular flexibility index (Phi) is 6.61. The molecule has 1 rings (SSSR count). The summed E-state index contributed by atoms with van der Waals surface area (Å²) in [5.41, 5.74) is 1.55. The maximum atomic E-state index is 12.4. The number of hydrogen-bond acceptors (Lipinski definition) is 2. The van der Waals surface area contributed by atoms with Gasteiger partial charge in [0, 0.05) is 25.6 Å². The first-order chi connectivity index (χ1) is 11.0. The molecule has 0 fully saturated rings. The maximum Gasteiger partial charge on any atom is 0.317 e. The normalized spacial score (nSPS) is 20.6. The molecule has 1 aliphatic carbocycles. The van der Waals surface area contributed by atoms with E-state index in [4.69, 9.17) is 0 Å². The summed E-state index contributed by atoms with van der Waals surface area (Å²) in [5, 5.41) is 3.13. The second kappa shape index (κ2) is 7.84. The van der Waals surface area contributed by atoms with Gasteiger partial charge in [0.25, 0.3) is 0 Å². The molecule has 4 heteroatoms. The zero-order valence-corrected chi connectivity index (χ0v) is 16.3. The molecule has 0 aromatic carbocycles. The summed E-state index contributed by atoms with van der Waals surface area (Å²) in [5.74, 6) is 0. The fourth-order valence-electron chi connectivity index (χ4n) is 2.31. The van der Waals surface area contributed by atoms with E-state index < -0.39 is 5.54 Å². The van der Waals surface area contributed by atoms with Gasteiger partial charge in [0.15, 0.2) is 0 Å². The number of allylic oxidation sites excluding steroid dienone is 5. The molecule has 4 nitrogen and oxygen atoms in total. The molecule has 0 aliphatic heterocycles. The van der Waals surface area contributed by atoms with Crippen LogP contribution in [0.25, 0.3) is 0 Å². The van der Waals surface area contributed by atoms with E-state index >= 15 is 0 Å². The molecule has 0 aromatic heterocycles. The number of amides is 2. The highest BCUT2D eigenvalue weighted by Gasteiger charge is 2.27. The van der Waals surface area contributed by atoms with Gasteiger partial charge in [0.2, 0.25) is 0 Å². The molecule has 134 valence electrons. The molecule has 24 heavy (non-hydrogen) atoms. The van der Waals surface area contributed by atoms with Crippen LogP contribution < -0.4 is 5.32 Å². The van der Waals surface area contributed by atoms with Gasteiger partial charge in [0.1, 0.15) is 0 Å². The smallest absolute Gasteiger partial charge is 0.317 e. The van der Waals surface area contributed by atoms with Crippen LogP contribution in [0.2, 0.25) is 0 Å². The Balaban J connectivity index is 2.82. The quantitative estimate of drug-likeness (QED) is 0.755. The lowest BCUT2D eigenvalue weighted by molar-refractivity contribution is 0.196. The van der Waals surface area contributed by atoms with Crippen molar-refractivity contribution in [2.75, 3.05) is 34.2 Å². The number of carbonyl (C=O) groups excluding carboxylic acids is 1. The van der Waals surface area contributed by atoms with Gasteiger partial charge in [-0.05, 0) is 47.4 Å². The minimum atomic E-state index is -0.454. The van der Waals surface area contributed by atoms with E-state index in [2.05, 4.69) is 48.0 Å². The molecule has 0 aromatic rings. The van der Waals surface area contributed by atoms with Crippen LogP contribution in [-0.2, 0) is 0 Å². The lowest BCUT2D eigenvalue weighted by Crippen LogP contribution is -2.50. The van der Waals surface area contributed by atoms with E-state index in [0.717, 1.165) is 17.7 Å². The highest BCUT2D eigenvalue weighted by atomic mass is 16.2. The molecular weight excluding hydrogens is 298 g/mol. The van der Waals surface area contributed by atoms with Gasteiger partial charge in [-0.1, -0.05) is 42.5 Å². The van der Waals surface area contributed by atoms with Gasteiger partial charge in [-0.25, -0.2) is 4.79 Å². The number of nitrogens with one attached hydrogen (secondary N) is 1. The topological polar surface area (TPSA) is 35.6 Å². The minimum Gasteiger partial charge on any atom is -0.329 e. The largest absolute Gasteiger partial charge is 0.329 e.